The summed E-state index contributed by atoms with van der Waals surface area (Å²) in [5.41, 5.74) is 2.49. The highest BCUT2D eigenvalue weighted by Gasteiger charge is 2.42. The Bertz CT molecular complexity index is 1190. The van der Waals surface area contributed by atoms with Gasteiger partial charge in [-0.05, 0) is 44.0 Å². The molecule has 148 valence electrons. The number of hydrogen-bond donors (Lipinski definition) is 3. The smallest absolute Gasteiger partial charge is 0.340 e. The molecule has 0 aliphatic carbocycles. The fraction of sp³-hybridized carbons (Fsp3) is 0.238. The Morgan fingerprint density at radius 2 is 1.97 bits per heavy atom. The number of nitrogens with one attached hydrogen (secondary N) is 3. The van der Waals surface area contributed by atoms with E-state index in [4.69, 9.17) is 4.74 Å². The summed E-state index contributed by atoms with van der Waals surface area (Å²) in [6.45, 7) is 5.35. The number of carbonyl (C=O) groups is 2. The fourth-order valence-electron chi connectivity index (χ4n) is 3.39. The Labute approximate surface area is 166 Å². The van der Waals surface area contributed by atoms with Gasteiger partial charge in [-0.2, -0.15) is 5.10 Å². The summed E-state index contributed by atoms with van der Waals surface area (Å²) in [5, 5.41) is 9.07. The lowest BCUT2D eigenvalue weighted by molar-refractivity contribution is -0.134. The number of esters is 1. The molecule has 8 heteroatoms. The van der Waals surface area contributed by atoms with E-state index in [-0.39, 0.29) is 6.42 Å². The number of H-pyrrole nitrogens is 2. The van der Waals surface area contributed by atoms with Gasteiger partial charge in [-0.25, -0.2) is 14.7 Å². The van der Waals surface area contributed by atoms with E-state index in [1.165, 1.54) is 0 Å². The second-order valence-electron chi connectivity index (χ2n) is 7.47. The van der Waals surface area contributed by atoms with E-state index >= 15 is 0 Å². The minimum absolute atomic E-state index is 0.283. The van der Waals surface area contributed by atoms with E-state index in [0.29, 0.717) is 22.6 Å². The zero-order chi connectivity index (χ0) is 20.8. The van der Waals surface area contributed by atoms with Crippen molar-refractivity contribution in [3.8, 4) is 11.4 Å². The standard InChI is InChI=1S/C21H20N4O4/c1-11-4-6-14-10-21(3,29-18(26)15(14)8-11)19(27)22-16-9-13(7-5-12(16)2)17-23-20(28)25-24-17/h4-9H,10H2,1-3H3,(H,22,27)(H2,23,24,25,28). The largest absolute Gasteiger partial charge is 0.445 e. The van der Waals surface area contributed by atoms with Crippen LogP contribution in [0.25, 0.3) is 11.4 Å². The van der Waals surface area contributed by atoms with Crippen LogP contribution in [0.1, 0.15) is 34.0 Å². The molecule has 0 fully saturated rings. The van der Waals surface area contributed by atoms with Crippen LogP contribution in [-0.2, 0) is 16.0 Å². The Kier molecular flexibility index (Phi) is 4.34. The van der Waals surface area contributed by atoms with Crippen LogP contribution in [0.15, 0.2) is 41.2 Å². The van der Waals surface area contributed by atoms with Crippen LogP contribution >= 0.6 is 0 Å². The molecule has 0 bridgehead atoms. The fourth-order valence-corrected chi connectivity index (χ4v) is 3.39. The molecule has 1 aromatic heterocycles. The molecule has 1 atom stereocenters. The molecular formula is C21H20N4O4. The molecular weight excluding hydrogens is 372 g/mol. The summed E-state index contributed by atoms with van der Waals surface area (Å²) in [6, 6.07) is 10.9. The highest BCUT2D eigenvalue weighted by atomic mass is 16.6. The molecule has 3 aromatic rings. The van der Waals surface area contributed by atoms with Crippen molar-refractivity contribution in [2.75, 3.05) is 5.32 Å². The molecule has 1 amide bonds. The lowest BCUT2D eigenvalue weighted by Gasteiger charge is -2.33. The maximum absolute atomic E-state index is 13.0. The number of hydrogen-bond acceptors (Lipinski definition) is 5. The molecule has 0 saturated carbocycles. The Morgan fingerprint density at radius 1 is 1.17 bits per heavy atom. The SMILES string of the molecule is Cc1ccc2c(c1)C(=O)OC(C)(C(=O)Nc1cc(-c3n[nH]c(=O)[nH]3)ccc1C)C2. The summed E-state index contributed by atoms with van der Waals surface area (Å²) in [7, 11) is 0. The molecule has 8 nitrogen and oxygen atoms in total. The minimum atomic E-state index is -1.33. The highest BCUT2D eigenvalue weighted by molar-refractivity contribution is 6.03. The number of aromatic amines is 2. The number of anilines is 1. The molecule has 29 heavy (non-hydrogen) atoms. The topological polar surface area (TPSA) is 117 Å². The Hall–Kier alpha value is -3.68. The number of carbonyl (C=O) groups excluding carboxylic acids is 2. The van der Waals surface area contributed by atoms with Crippen molar-refractivity contribution in [1.29, 1.82) is 0 Å². The van der Waals surface area contributed by atoms with Crippen molar-refractivity contribution in [2.24, 2.45) is 0 Å². The first kappa shape index (κ1) is 18.7. The van der Waals surface area contributed by atoms with Crippen LogP contribution in [0.5, 0.6) is 0 Å². The molecule has 0 spiro atoms. The maximum atomic E-state index is 13.0. The van der Waals surface area contributed by atoms with Gasteiger partial charge in [0.25, 0.3) is 5.91 Å². The molecule has 0 saturated heterocycles. The van der Waals surface area contributed by atoms with Crippen molar-refractivity contribution >= 4 is 17.6 Å². The first-order chi connectivity index (χ1) is 13.7. The van der Waals surface area contributed by atoms with Gasteiger partial charge in [0.05, 0.1) is 5.56 Å². The van der Waals surface area contributed by atoms with Gasteiger partial charge < -0.3 is 10.1 Å². The van der Waals surface area contributed by atoms with Crippen molar-refractivity contribution in [1.82, 2.24) is 15.2 Å². The summed E-state index contributed by atoms with van der Waals surface area (Å²) in [4.78, 5) is 39.4. The monoisotopic (exact) mass is 392 g/mol. The number of aromatic nitrogens is 3. The van der Waals surface area contributed by atoms with E-state index < -0.39 is 23.2 Å². The molecule has 3 N–H and O–H groups in total. The molecule has 2 aromatic carbocycles. The number of amides is 1. The van der Waals surface area contributed by atoms with Crippen molar-refractivity contribution in [3.05, 3.63) is 69.1 Å². The van der Waals surface area contributed by atoms with Gasteiger partial charge in [-0.15, -0.1) is 0 Å². The van der Waals surface area contributed by atoms with Crippen LogP contribution in [0.3, 0.4) is 0 Å². The second kappa shape index (κ2) is 6.73. The van der Waals surface area contributed by atoms with Crippen LogP contribution in [0.2, 0.25) is 0 Å². The van der Waals surface area contributed by atoms with Gasteiger partial charge in [-0.3, -0.25) is 9.78 Å². The zero-order valence-corrected chi connectivity index (χ0v) is 16.3. The van der Waals surface area contributed by atoms with Crippen LogP contribution in [0.4, 0.5) is 5.69 Å². The summed E-state index contributed by atoms with van der Waals surface area (Å²) in [6.07, 6.45) is 0.283. The van der Waals surface area contributed by atoms with Crippen LogP contribution in [0, 0.1) is 13.8 Å². The van der Waals surface area contributed by atoms with E-state index in [0.717, 1.165) is 16.7 Å². The number of nitrogens with zero attached hydrogens (tertiary/aromatic N) is 1. The lowest BCUT2D eigenvalue weighted by Crippen LogP contribution is -2.49. The summed E-state index contributed by atoms with van der Waals surface area (Å²) >= 11 is 0. The van der Waals surface area contributed by atoms with Gasteiger partial charge in [0, 0.05) is 17.7 Å². The van der Waals surface area contributed by atoms with Gasteiger partial charge in [0.1, 0.15) is 0 Å². The van der Waals surface area contributed by atoms with E-state index in [2.05, 4.69) is 20.5 Å². The van der Waals surface area contributed by atoms with E-state index in [1.54, 1.807) is 25.1 Å². The van der Waals surface area contributed by atoms with Gasteiger partial charge in [0.15, 0.2) is 11.4 Å². The summed E-state index contributed by atoms with van der Waals surface area (Å²) in [5.74, 6) is -0.565. The molecule has 2 heterocycles. The van der Waals surface area contributed by atoms with Gasteiger partial charge in [-0.1, -0.05) is 29.8 Å². The number of rotatable bonds is 3. The second-order valence-corrected chi connectivity index (χ2v) is 7.47. The average molecular weight is 392 g/mol. The molecule has 1 unspecified atom stereocenters. The third kappa shape index (κ3) is 3.44. The number of cyclic esters (lactones) is 1. The molecule has 4 rings (SSSR count). The van der Waals surface area contributed by atoms with Crippen molar-refractivity contribution in [2.45, 2.75) is 32.8 Å². The normalized spacial score (nSPS) is 18.1. The number of fused-ring (bicyclic) bond motifs is 1. The first-order valence-electron chi connectivity index (χ1n) is 9.15. The first-order valence-corrected chi connectivity index (χ1v) is 9.15. The van der Waals surface area contributed by atoms with Crippen molar-refractivity contribution in [3.63, 3.8) is 0 Å². The highest BCUT2D eigenvalue weighted by Crippen LogP contribution is 2.31. The lowest BCUT2D eigenvalue weighted by atomic mass is 9.88. The Morgan fingerprint density at radius 3 is 2.69 bits per heavy atom. The van der Waals surface area contributed by atoms with Crippen molar-refractivity contribution < 1.29 is 14.3 Å². The quantitative estimate of drug-likeness (QED) is 0.592. The molecule has 0 radical (unpaired) electrons. The minimum Gasteiger partial charge on any atom is -0.445 e. The number of ether oxygens (including phenoxy) is 1. The summed E-state index contributed by atoms with van der Waals surface area (Å²) < 4.78 is 5.53. The predicted octanol–water partition coefficient (Wildman–Crippen LogP) is 2.49. The third-order valence-corrected chi connectivity index (χ3v) is 5.07. The molecule has 1 aliphatic heterocycles. The van der Waals surface area contributed by atoms with Crippen LogP contribution in [-0.4, -0.2) is 32.7 Å². The molecule has 1 aliphatic rings. The van der Waals surface area contributed by atoms with E-state index in [9.17, 15) is 14.4 Å². The number of aryl methyl sites for hydroxylation is 2. The van der Waals surface area contributed by atoms with Gasteiger partial charge in [0.2, 0.25) is 0 Å². The third-order valence-electron chi connectivity index (χ3n) is 5.07. The Balaban J connectivity index is 1.62. The average Bonchev–Trinajstić information content (AvgIpc) is 3.10. The predicted molar refractivity (Wildman–Crippen MR) is 107 cm³/mol. The maximum Gasteiger partial charge on any atom is 0.340 e. The zero-order valence-electron chi connectivity index (χ0n) is 16.3. The van der Waals surface area contributed by atoms with E-state index in [1.807, 2.05) is 32.0 Å². The van der Waals surface area contributed by atoms with Gasteiger partial charge >= 0.3 is 11.7 Å². The van der Waals surface area contributed by atoms with Crippen LogP contribution < -0.4 is 11.0 Å². The number of benzene rings is 2.